The van der Waals surface area contributed by atoms with Crippen LogP contribution in [0.4, 0.5) is 0 Å². The maximum atomic E-state index is 13.0. The number of hydrogen-bond acceptors (Lipinski definition) is 5. The molecule has 0 fully saturated rings. The lowest BCUT2D eigenvalue weighted by atomic mass is 9.90. The SMILES string of the molecule is CC(=O)[C@@H](OC(C)(C)C)c1c(C)cc2nc(-c3ccc4nn(C)c(C)c4c3)sc2c1-c1ccc(Cl)cc1. The molecule has 5 nitrogen and oxygen atoms in total. The second-order valence-electron chi connectivity index (χ2n) is 10.5. The van der Waals surface area contributed by atoms with Gasteiger partial charge in [-0.25, -0.2) is 4.98 Å². The number of Topliss-reactive ketones (excluding diaryl/α,β-unsaturated/α-hetero) is 1. The van der Waals surface area contributed by atoms with E-state index in [2.05, 4.69) is 30.2 Å². The summed E-state index contributed by atoms with van der Waals surface area (Å²) < 4.78 is 9.27. The molecule has 190 valence electrons. The van der Waals surface area contributed by atoms with Crippen molar-refractivity contribution < 1.29 is 9.53 Å². The van der Waals surface area contributed by atoms with Crippen LogP contribution in [0, 0.1) is 13.8 Å². The van der Waals surface area contributed by atoms with E-state index in [4.69, 9.17) is 21.3 Å². The Kier molecular flexibility index (Phi) is 6.47. The predicted molar refractivity (Wildman–Crippen MR) is 154 cm³/mol. The Labute approximate surface area is 226 Å². The second-order valence-corrected chi connectivity index (χ2v) is 12.0. The maximum Gasteiger partial charge on any atom is 0.163 e. The summed E-state index contributed by atoms with van der Waals surface area (Å²) in [6.45, 7) is 11.6. The second kappa shape index (κ2) is 9.35. The zero-order chi connectivity index (χ0) is 26.6. The van der Waals surface area contributed by atoms with Crippen molar-refractivity contribution in [3.63, 3.8) is 0 Å². The van der Waals surface area contributed by atoms with Crippen LogP contribution >= 0.6 is 22.9 Å². The number of halogens is 1. The van der Waals surface area contributed by atoms with Gasteiger partial charge >= 0.3 is 0 Å². The number of rotatable bonds is 5. The number of aromatic nitrogens is 3. The van der Waals surface area contributed by atoms with E-state index in [1.54, 1.807) is 18.3 Å². The highest BCUT2D eigenvalue weighted by atomic mass is 35.5. The average molecular weight is 532 g/mol. The molecule has 3 aromatic carbocycles. The number of aryl methyl sites for hydroxylation is 3. The number of carbonyl (C=O) groups is 1. The maximum absolute atomic E-state index is 13.0. The quantitative estimate of drug-likeness (QED) is 0.229. The first-order valence-corrected chi connectivity index (χ1v) is 13.4. The van der Waals surface area contributed by atoms with Gasteiger partial charge in [0.1, 0.15) is 11.1 Å². The third-order valence-corrected chi connectivity index (χ3v) is 7.93. The highest BCUT2D eigenvalue weighted by Crippen LogP contribution is 2.44. The number of ether oxygens (including phenoxy) is 1. The van der Waals surface area contributed by atoms with Gasteiger partial charge in [-0.2, -0.15) is 5.10 Å². The molecule has 37 heavy (non-hydrogen) atoms. The van der Waals surface area contributed by atoms with Gasteiger partial charge in [-0.05, 0) is 89.1 Å². The van der Waals surface area contributed by atoms with E-state index in [-0.39, 0.29) is 5.78 Å². The molecule has 0 aliphatic rings. The Hall–Kier alpha value is -3.06. The molecule has 0 amide bonds. The van der Waals surface area contributed by atoms with Crippen LogP contribution in [0.3, 0.4) is 0 Å². The van der Waals surface area contributed by atoms with E-state index in [0.717, 1.165) is 59.6 Å². The topological polar surface area (TPSA) is 57.0 Å². The lowest BCUT2D eigenvalue weighted by molar-refractivity contribution is -0.138. The summed E-state index contributed by atoms with van der Waals surface area (Å²) in [6, 6.07) is 16.1. The van der Waals surface area contributed by atoms with Crippen LogP contribution in [0.15, 0.2) is 48.5 Å². The highest BCUT2D eigenvalue weighted by molar-refractivity contribution is 7.22. The number of nitrogens with zero attached hydrogens (tertiary/aromatic N) is 3. The molecular formula is C30H30ClN3O2S. The fraction of sp³-hybridized carbons (Fsp3) is 0.300. The minimum atomic E-state index is -0.699. The standard InChI is InChI=1S/C30H30ClN3O2S/c1-16-14-24-28(37-29(32-24)20-10-13-23-22(15-20)17(2)34(7)33-23)26(19-8-11-21(31)12-9-19)25(16)27(18(3)35)36-30(4,5)6/h8-15,27H,1-7H3/t27-/m1/s1. The van der Waals surface area contributed by atoms with E-state index in [9.17, 15) is 4.79 Å². The van der Waals surface area contributed by atoms with Gasteiger partial charge in [-0.15, -0.1) is 11.3 Å². The van der Waals surface area contributed by atoms with Crippen molar-refractivity contribution in [1.29, 1.82) is 0 Å². The minimum absolute atomic E-state index is 0.0326. The van der Waals surface area contributed by atoms with Crippen molar-refractivity contribution in [2.24, 2.45) is 7.05 Å². The summed E-state index contributed by atoms with van der Waals surface area (Å²) in [6.07, 6.45) is -0.699. The zero-order valence-electron chi connectivity index (χ0n) is 22.1. The number of fused-ring (bicyclic) bond motifs is 2. The largest absolute Gasteiger partial charge is 0.360 e. The molecule has 0 aliphatic carbocycles. The molecule has 0 radical (unpaired) electrons. The van der Waals surface area contributed by atoms with E-state index in [1.807, 2.05) is 69.8 Å². The molecule has 0 spiro atoms. The molecule has 1 atom stereocenters. The normalized spacial score (nSPS) is 13.0. The Morgan fingerprint density at radius 1 is 1.03 bits per heavy atom. The molecule has 0 bridgehead atoms. The third kappa shape index (κ3) is 4.81. The molecule has 5 aromatic rings. The lowest BCUT2D eigenvalue weighted by Gasteiger charge is -2.29. The minimum Gasteiger partial charge on any atom is -0.360 e. The molecule has 0 aliphatic heterocycles. The third-order valence-electron chi connectivity index (χ3n) is 6.54. The van der Waals surface area contributed by atoms with Crippen LogP contribution in [0.2, 0.25) is 5.02 Å². The fourth-order valence-electron chi connectivity index (χ4n) is 4.73. The Bertz CT molecular complexity index is 1660. The van der Waals surface area contributed by atoms with Crippen molar-refractivity contribution in [1.82, 2.24) is 14.8 Å². The summed E-state index contributed by atoms with van der Waals surface area (Å²) >= 11 is 7.87. The monoisotopic (exact) mass is 531 g/mol. The number of ketones is 1. The van der Waals surface area contributed by atoms with E-state index in [0.29, 0.717) is 5.02 Å². The molecule has 0 saturated heterocycles. The van der Waals surface area contributed by atoms with Crippen LogP contribution < -0.4 is 0 Å². The van der Waals surface area contributed by atoms with Gasteiger partial charge in [0, 0.05) is 39.8 Å². The van der Waals surface area contributed by atoms with Crippen molar-refractivity contribution in [3.8, 4) is 21.7 Å². The fourth-order valence-corrected chi connectivity index (χ4v) is 5.98. The van der Waals surface area contributed by atoms with Gasteiger partial charge < -0.3 is 4.74 Å². The summed E-state index contributed by atoms with van der Waals surface area (Å²) in [4.78, 5) is 18.0. The molecule has 2 heterocycles. The van der Waals surface area contributed by atoms with E-state index in [1.165, 1.54) is 0 Å². The van der Waals surface area contributed by atoms with Crippen molar-refractivity contribution >= 4 is 49.8 Å². The first-order valence-electron chi connectivity index (χ1n) is 12.2. The highest BCUT2D eigenvalue weighted by Gasteiger charge is 2.30. The molecule has 7 heteroatoms. The number of thiazole rings is 1. The van der Waals surface area contributed by atoms with Crippen LogP contribution in [0.1, 0.15) is 50.6 Å². The van der Waals surface area contributed by atoms with Crippen LogP contribution in [-0.2, 0) is 16.6 Å². The number of carbonyl (C=O) groups excluding carboxylic acids is 1. The Morgan fingerprint density at radius 3 is 2.35 bits per heavy atom. The zero-order valence-corrected chi connectivity index (χ0v) is 23.7. The molecule has 5 rings (SSSR count). The van der Waals surface area contributed by atoms with Crippen LogP contribution in [0.25, 0.3) is 42.8 Å². The Balaban J connectivity index is 1.78. The summed E-state index contributed by atoms with van der Waals surface area (Å²) in [5, 5.41) is 7.28. The number of hydrogen-bond donors (Lipinski definition) is 0. The van der Waals surface area contributed by atoms with Gasteiger partial charge in [0.2, 0.25) is 0 Å². The van der Waals surface area contributed by atoms with Crippen molar-refractivity contribution in [2.75, 3.05) is 0 Å². The van der Waals surface area contributed by atoms with Gasteiger partial charge in [0.05, 0.1) is 21.3 Å². The van der Waals surface area contributed by atoms with Crippen molar-refractivity contribution in [3.05, 3.63) is 70.4 Å². The van der Waals surface area contributed by atoms with Gasteiger partial charge in [-0.3, -0.25) is 9.48 Å². The van der Waals surface area contributed by atoms with Crippen LogP contribution in [0.5, 0.6) is 0 Å². The molecule has 0 N–H and O–H groups in total. The van der Waals surface area contributed by atoms with E-state index >= 15 is 0 Å². The summed E-state index contributed by atoms with van der Waals surface area (Å²) in [5.74, 6) is -0.0326. The predicted octanol–water partition coefficient (Wildman–Crippen LogP) is 8.23. The lowest BCUT2D eigenvalue weighted by Crippen LogP contribution is -2.27. The Morgan fingerprint density at radius 2 is 1.70 bits per heavy atom. The van der Waals surface area contributed by atoms with Gasteiger partial charge in [0.15, 0.2) is 5.78 Å². The molecule has 0 saturated carbocycles. The summed E-state index contributed by atoms with van der Waals surface area (Å²) in [7, 11) is 1.96. The first kappa shape index (κ1) is 25.6. The van der Waals surface area contributed by atoms with Gasteiger partial charge in [-0.1, -0.05) is 23.7 Å². The van der Waals surface area contributed by atoms with Gasteiger partial charge in [0.25, 0.3) is 0 Å². The number of benzene rings is 3. The average Bonchev–Trinajstić information content (AvgIpc) is 3.37. The smallest absolute Gasteiger partial charge is 0.163 e. The summed E-state index contributed by atoms with van der Waals surface area (Å²) in [5.41, 5.74) is 7.32. The molecule has 0 unspecified atom stereocenters. The van der Waals surface area contributed by atoms with Crippen molar-refractivity contribution in [2.45, 2.75) is 53.2 Å². The molecule has 2 aromatic heterocycles. The first-order chi connectivity index (χ1) is 17.4. The molecular weight excluding hydrogens is 502 g/mol. The van der Waals surface area contributed by atoms with E-state index < -0.39 is 11.7 Å². The van der Waals surface area contributed by atoms with Crippen LogP contribution in [-0.4, -0.2) is 26.1 Å².